The predicted octanol–water partition coefficient (Wildman–Crippen LogP) is 4.14. The highest BCUT2D eigenvalue weighted by atomic mass is 19.1. The number of halogens is 2. The molecule has 0 fully saturated rings. The van der Waals surface area contributed by atoms with Gasteiger partial charge in [-0.1, -0.05) is 18.2 Å². The van der Waals surface area contributed by atoms with Crippen molar-refractivity contribution in [2.45, 2.75) is 13.5 Å². The van der Waals surface area contributed by atoms with Gasteiger partial charge in [-0.15, -0.1) is 0 Å². The van der Waals surface area contributed by atoms with E-state index in [9.17, 15) is 13.6 Å². The highest BCUT2D eigenvalue weighted by molar-refractivity contribution is 6.04. The summed E-state index contributed by atoms with van der Waals surface area (Å²) in [6, 6.07) is 10.8. The second kappa shape index (κ2) is 6.20. The summed E-state index contributed by atoms with van der Waals surface area (Å²) < 4.78 is 33.6. The molecule has 0 saturated carbocycles. The zero-order chi connectivity index (χ0) is 16.4. The number of hydrogen-bond acceptors (Lipinski definition) is 2. The molecule has 0 spiro atoms. The molecule has 0 saturated heterocycles. The molecule has 5 heteroatoms. The van der Waals surface area contributed by atoms with E-state index in [1.165, 1.54) is 12.1 Å². The van der Waals surface area contributed by atoms with Gasteiger partial charge in [0.15, 0.2) is 0 Å². The third-order valence-corrected chi connectivity index (χ3v) is 3.56. The number of benzene rings is 2. The number of hydrogen-bond donors (Lipinski definition) is 0. The average molecular weight is 315 g/mol. The Labute approximate surface area is 132 Å². The molecule has 3 rings (SSSR count). The van der Waals surface area contributed by atoms with Crippen LogP contribution in [0.5, 0.6) is 0 Å². The van der Waals surface area contributed by atoms with Gasteiger partial charge in [0.1, 0.15) is 11.6 Å². The van der Waals surface area contributed by atoms with Crippen molar-refractivity contribution in [2.24, 2.45) is 0 Å². The molecule has 0 radical (unpaired) electrons. The van der Waals surface area contributed by atoms with Crippen LogP contribution in [0.4, 0.5) is 8.78 Å². The zero-order valence-electron chi connectivity index (χ0n) is 12.6. The van der Waals surface area contributed by atoms with Crippen molar-refractivity contribution >= 4 is 16.9 Å². The number of ether oxygens (including phenoxy) is 1. The first-order valence-corrected chi connectivity index (χ1v) is 7.28. The maximum absolute atomic E-state index is 13.4. The monoisotopic (exact) mass is 315 g/mol. The van der Waals surface area contributed by atoms with Gasteiger partial charge >= 0.3 is 5.97 Å². The van der Waals surface area contributed by atoms with Crippen LogP contribution in [0.15, 0.2) is 48.7 Å². The van der Waals surface area contributed by atoms with E-state index in [1.807, 2.05) is 24.3 Å². The van der Waals surface area contributed by atoms with E-state index in [0.29, 0.717) is 11.1 Å². The van der Waals surface area contributed by atoms with E-state index in [1.54, 1.807) is 17.7 Å². The molecular formula is C18H15F2NO2. The Morgan fingerprint density at radius 3 is 2.52 bits per heavy atom. The highest BCUT2D eigenvalue weighted by Gasteiger charge is 2.16. The van der Waals surface area contributed by atoms with Crippen LogP contribution in [0.25, 0.3) is 10.9 Å². The smallest absolute Gasteiger partial charge is 0.340 e. The van der Waals surface area contributed by atoms with Crippen molar-refractivity contribution in [1.29, 1.82) is 0 Å². The third kappa shape index (κ3) is 3.08. The predicted molar refractivity (Wildman–Crippen MR) is 83.4 cm³/mol. The Bertz CT molecular complexity index is 850. The third-order valence-electron chi connectivity index (χ3n) is 3.56. The number of para-hydroxylation sites is 1. The van der Waals surface area contributed by atoms with Gasteiger partial charge < -0.3 is 9.30 Å². The lowest BCUT2D eigenvalue weighted by Gasteiger charge is -2.06. The van der Waals surface area contributed by atoms with Gasteiger partial charge in [-0.25, -0.2) is 13.6 Å². The van der Waals surface area contributed by atoms with Crippen LogP contribution in [-0.4, -0.2) is 17.1 Å². The van der Waals surface area contributed by atoms with Crippen molar-refractivity contribution in [3.8, 4) is 0 Å². The lowest BCUT2D eigenvalue weighted by atomic mass is 10.2. The number of fused-ring (bicyclic) bond motifs is 1. The number of aromatic nitrogens is 1. The summed E-state index contributed by atoms with van der Waals surface area (Å²) in [6.45, 7) is 2.29. The normalized spacial score (nSPS) is 10.9. The summed E-state index contributed by atoms with van der Waals surface area (Å²) in [7, 11) is 0. The topological polar surface area (TPSA) is 31.2 Å². The lowest BCUT2D eigenvalue weighted by molar-refractivity contribution is 0.0528. The molecule has 3 aromatic rings. The fraction of sp³-hybridized carbons (Fsp3) is 0.167. The van der Waals surface area contributed by atoms with E-state index in [2.05, 4.69) is 0 Å². The second-order valence-electron chi connectivity index (χ2n) is 5.19. The Hall–Kier alpha value is -2.69. The van der Waals surface area contributed by atoms with E-state index >= 15 is 0 Å². The summed E-state index contributed by atoms with van der Waals surface area (Å²) in [6.07, 6.45) is 1.66. The van der Waals surface area contributed by atoms with Crippen LogP contribution < -0.4 is 0 Å². The van der Waals surface area contributed by atoms with Gasteiger partial charge in [-0.05, 0) is 30.7 Å². The van der Waals surface area contributed by atoms with Gasteiger partial charge in [0, 0.05) is 29.7 Å². The Morgan fingerprint density at radius 2 is 1.83 bits per heavy atom. The number of rotatable bonds is 4. The van der Waals surface area contributed by atoms with Crippen molar-refractivity contribution in [1.82, 2.24) is 4.57 Å². The molecule has 3 nitrogen and oxygen atoms in total. The van der Waals surface area contributed by atoms with Crippen LogP contribution in [-0.2, 0) is 11.3 Å². The highest BCUT2D eigenvalue weighted by Crippen LogP contribution is 2.23. The van der Waals surface area contributed by atoms with Gasteiger partial charge in [0.2, 0.25) is 0 Å². The fourth-order valence-electron chi connectivity index (χ4n) is 2.65. The molecule has 0 bridgehead atoms. The maximum Gasteiger partial charge on any atom is 0.340 e. The molecule has 0 aliphatic rings. The second-order valence-corrected chi connectivity index (χ2v) is 5.19. The number of carbonyl (C=O) groups is 1. The maximum atomic E-state index is 13.4. The largest absolute Gasteiger partial charge is 0.462 e. The van der Waals surface area contributed by atoms with Crippen LogP contribution >= 0.6 is 0 Å². The van der Waals surface area contributed by atoms with Gasteiger partial charge in [0.25, 0.3) is 0 Å². The number of esters is 1. The first-order chi connectivity index (χ1) is 11.1. The summed E-state index contributed by atoms with van der Waals surface area (Å²) in [4.78, 5) is 12.1. The summed E-state index contributed by atoms with van der Waals surface area (Å²) in [5.41, 5.74) is 1.73. The van der Waals surface area contributed by atoms with Crippen LogP contribution in [0, 0.1) is 11.6 Å². The summed E-state index contributed by atoms with van der Waals surface area (Å²) in [5.74, 6) is -1.66. The van der Waals surface area contributed by atoms with Gasteiger partial charge in [-0.3, -0.25) is 0 Å². The molecule has 0 atom stereocenters. The Balaban J connectivity index is 2.05. The van der Waals surface area contributed by atoms with Crippen molar-refractivity contribution in [2.75, 3.05) is 6.61 Å². The molecule has 23 heavy (non-hydrogen) atoms. The molecule has 1 aromatic heterocycles. The number of nitrogens with zero attached hydrogens (tertiary/aromatic N) is 1. The molecule has 0 N–H and O–H groups in total. The minimum absolute atomic E-state index is 0.259. The van der Waals surface area contributed by atoms with Gasteiger partial charge in [-0.2, -0.15) is 0 Å². The lowest BCUT2D eigenvalue weighted by Crippen LogP contribution is -2.04. The van der Waals surface area contributed by atoms with E-state index in [-0.39, 0.29) is 13.2 Å². The molecule has 2 aromatic carbocycles. The zero-order valence-corrected chi connectivity index (χ0v) is 12.6. The van der Waals surface area contributed by atoms with Crippen molar-refractivity contribution < 1.29 is 18.3 Å². The molecule has 118 valence electrons. The summed E-state index contributed by atoms with van der Waals surface area (Å²) >= 11 is 0. The Kier molecular flexibility index (Phi) is 4.10. The SMILES string of the molecule is CCOC(=O)c1cn(Cc2cc(F)cc(F)c2)c2ccccc12. The van der Waals surface area contributed by atoms with Crippen LogP contribution in [0.3, 0.4) is 0 Å². The minimum atomic E-state index is -0.623. The molecule has 1 heterocycles. The molecule has 0 aliphatic heterocycles. The van der Waals surface area contributed by atoms with E-state index < -0.39 is 17.6 Å². The molecule has 0 aliphatic carbocycles. The molecular weight excluding hydrogens is 300 g/mol. The van der Waals surface area contributed by atoms with E-state index in [4.69, 9.17) is 4.74 Å². The first-order valence-electron chi connectivity index (χ1n) is 7.28. The van der Waals surface area contributed by atoms with Crippen LogP contribution in [0.1, 0.15) is 22.8 Å². The standard InChI is InChI=1S/C18H15F2NO2/c1-2-23-18(22)16-11-21(17-6-4-3-5-15(16)17)10-12-7-13(19)9-14(20)8-12/h3-9,11H,2,10H2,1H3. The molecule has 0 amide bonds. The molecule has 0 unspecified atom stereocenters. The fourth-order valence-corrected chi connectivity index (χ4v) is 2.65. The van der Waals surface area contributed by atoms with Crippen molar-refractivity contribution in [3.63, 3.8) is 0 Å². The minimum Gasteiger partial charge on any atom is -0.462 e. The quantitative estimate of drug-likeness (QED) is 0.677. The Morgan fingerprint density at radius 1 is 1.13 bits per heavy atom. The van der Waals surface area contributed by atoms with Gasteiger partial charge in [0.05, 0.1) is 12.2 Å². The number of carbonyl (C=O) groups excluding carboxylic acids is 1. The average Bonchev–Trinajstić information content (AvgIpc) is 2.86. The summed E-state index contributed by atoms with van der Waals surface area (Å²) in [5, 5.41) is 0.753. The van der Waals surface area contributed by atoms with Crippen molar-refractivity contribution in [3.05, 3.63) is 71.4 Å². The van der Waals surface area contributed by atoms with E-state index in [0.717, 1.165) is 17.0 Å². The van der Waals surface area contributed by atoms with Crippen LogP contribution in [0.2, 0.25) is 0 Å². The first kappa shape index (κ1) is 15.2.